The van der Waals surface area contributed by atoms with Gasteiger partial charge in [0, 0.05) is 0 Å². The largest absolute Gasteiger partial charge is 0.487 e. The Kier molecular flexibility index (Phi) is 2.98. The van der Waals surface area contributed by atoms with Gasteiger partial charge in [0.1, 0.15) is 17.7 Å². The Morgan fingerprint density at radius 3 is 2.87 bits per heavy atom. The maximum Gasteiger partial charge on any atom is 0.141 e. The molecule has 1 heterocycles. The van der Waals surface area contributed by atoms with Crippen molar-refractivity contribution in [3.63, 3.8) is 0 Å². The number of nitrogens with one attached hydrogen (secondary N) is 1. The quantitative estimate of drug-likeness (QED) is 0.895. The van der Waals surface area contributed by atoms with Crippen LogP contribution in [0.2, 0.25) is 0 Å². The van der Waals surface area contributed by atoms with Gasteiger partial charge in [-0.15, -0.1) is 0 Å². The molecule has 0 spiro atoms. The predicted octanol–water partition coefficient (Wildman–Crippen LogP) is 3.02. The standard InChI is InChI=1S/C11H13BrFNO/c1-3-8-10(14-2)9-7(13)5-4-6(12)11(9)15-8/h4-5,8,10,14H,3H2,1-2H3. The molecule has 1 aromatic rings. The number of hydrogen-bond donors (Lipinski definition) is 1. The molecule has 2 atom stereocenters. The number of hydrogen-bond acceptors (Lipinski definition) is 2. The lowest BCUT2D eigenvalue weighted by atomic mass is 10.0. The lowest BCUT2D eigenvalue weighted by Crippen LogP contribution is -2.28. The topological polar surface area (TPSA) is 21.3 Å². The van der Waals surface area contributed by atoms with Gasteiger partial charge in [0.15, 0.2) is 0 Å². The first-order chi connectivity index (χ1) is 7.19. The third-order valence-electron chi connectivity index (χ3n) is 2.76. The molecule has 0 radical (unpaired) electrons. The van der Waals surface area contributed by atoms with Crippen LogP contribution in [0, 0.1) is 5.82 Å². The molecule has 0 amide bonds. The second-order valence-electron chi connectivity index (χ2n) is 3.60. The van der Waals surface area contributed by atoms with Gasteiger partial charge in [0.05, 0.1) is 16.1 Å². The van der Waals surface area contributed by atoms with E-state index in [0.717, 1.165) is 10.9 Å². The molecule has 0 aliphatic carbocycles. The van der Waals surface area contributed by atoms with Crippen LogP contribution in [-0.2, 0) is 0 Å². The van der Waals surface area contributed by atoms with Gasteiger partial charge >= 0.3 is 0 Å². The minimum absolute atomic E-state index is 0.0122. The Morgan fingerprint density at radius 2 is 2.27 bits per heavy atom. The summed E-state index contributed by atoms with van der Waals surface area (Å²) in [6.45, 7) is 2.03. The minimum atomic E-state index is -0.205. The first-order valence-corrected chi connectivity index (χ1v) is 5.80. The van der Waals surface area contributed by atoms with E-state index in [4.69, 9.17) is 4.74 Å². The van der Waals surface area contributed by atoms with E-state index in [-0.39, 0.29) is 18.0 Å². The molecular formula is C11H13BrFNO. The summed E-state index contributed by atoms with van der Waals surface area (Å²) in [7, 11) is 1.83. The van der Waals surface area contributed by atoms with Crippen LogP contribution in [0.25, 0.3) is 0 Å². The molecule has 2 rings (SSSR count). The van der Waals surface area contributed by atoms with Gasteiger partial charge in [-0.05, 0) is 41.5 Å². The fourth-order valence-electron chi connectivity index (χ4n) is 2.01. The zero-order valence-electron chi connectivity index (χ0n) is 8.68. The maximum absolute atomic E-state index is 13.7. The van der Waals surface area contributed by atoms with Gasteiger partial charge in [0.25, 0.3) is 0 Å². The molecule has 2 nitrogen and oxygen atoms in total. The van der Waals surface area contributed by atoms with Gasteiger partial charge < -0.3 is 10.1 Å². The number of likely N-dealkylation sites (N-methyl/N-ethyl adjacent to an activating group) is 1. The first-order valence-electron chi connectivity index (χ1n) is 5.00. The van der Waals surface area contributed by atoms with Crippen LogP contribution in [-0.4, -0.2) is 13.2 Å². The molecular weight excluding hydrogens is 261 g/mol. The molecule has 82 valence electrons. The van der Waals surface area contributed by atoms with Crippen LogP contribution in [0.4, 0.5) is 4.39 Å². The van der Waals surface area contributed by atoms with E-state index in [0.29, 0.717) is 11.3 Å². The fourth-order valence-corrected chi connectivity index (χ4v) is 2.45. The molecule has 1 aromatic carbocycles. The molecule has 1 aliphatic rings. The summed E-state index contributed by atoms with van der Waals surface area (Å²) in [5, 5.41) is 3.10. The van der Waals surface area contributed by atoms with Gasteiger partial charge in [-0.3, -0.25) is 0 Å². The summed E-state index contributed by atoms with van der Waals surface area (Å²) in [6, 6.07) is 3.09. The highest BCUT2D eigenvalue weighted by molar-refractivity contribution is 9.10. The van der Waals surface area contributed by atoms with Gasteiger partial charge in [-0.25, -0.2) is 4.39 Å². The van der Waals surface area contributed by atoms with Crippen molar-refractivity contribution >= 4 is 15.9 Å². The molecule has 4 heteroatoms. The molecule has 0 aromatic heterocycles. The molecule has 2 unspecified atom stereocenters. The zero-order valence-corrected chi connectivity index (χ0v) is 10.3. The summed E-state index contributed by atoms with van der Waals surface area (Å²) < 4.78 is 20.2. The SMILES string of the molecule is CCC1Oc2c(Br)ccc(F)c2C1NC. The van der Waals surface area contributed by atoms with Crippen molar-refractivity contribution in [1.29, 1.82) is 0 Å². The second kappa shape index (κ2) is 4.10. The number of halogens is 2. The molecule has 0 fully saturated rings. The Bertz CT molecular complexity index is 383. The van der Waals surface area contributed by atoms with E-state index in [1.807, 2.05) is 14.0 Å². The van der Waals surface area contributed by atoms with Crippen LogP contribution < -0.4 is 10.1 Å². The number of benzene rings is 1. The van der Waals surface area contributed by atoms with Crippen LogP contribution in [0.15, 0.2) is 16.6 Å². The van der Waals surface area contributed by atoms with Crippen molar-refractivity contribution in [3.05, 3.63) is 28.0 Å². The predicted molar refractivity (Wildman–Crippen MR) is 60.6 cm³/mol. The monoisotopic (exact) mass is 273 g/mol. The Labute approximate surface area is 96.9 Å². The normalized spacial score (nSPS) is 23.7. The van der Waals surface area contributed by atoms with Gasteiger partial charge in [-0.2, -0.15) is 0 Å². The van der Waals surface area contributed by atoms with E-state index in [9.17, 15) is 4.39 Å². The lowest BCUT2D eigenvalue weighted by Gasteiger charge is -2.16. The van der Waals surface area contributed by atoms with E-state index in [2.05, 4.69) is 21.2 Å². The summed E-state index contributed by atoms with van der Waals surface area (Å²) in [5.74, 6) is 0.435. The third kappa shape index (κ3) is 1.66. The smallest absolute Gasteiger partial charge is 0.141 e. The lowest BCUT2D eigenvalue weighted by molar-refractivity contribution is 0.188. The van der Waals surface area contributed by atoms with E-state index in [1.54, 1.807) is 6.07 Å². The fraction of sp³-hybridized carbons (Fsp3) is 0.455. The van der Waals surface area contributed by atoms with Crippen molar-refractivity contribution < 1.29 is 9.13 Å². The Hall–Kier alpha value is -0.610. The minimum Gasteiger partial charge on any atom is -0.487 e. The van der Waals surface area contributed by atoms with Crippen LogP contribution in [0.1, 0.15) is 24.9 Å². The van der Waals surface area contributed by atoms with Gasteiger partial charge in [0.2, 0.25) is 0 Å². The first kappa shape index (κ1) is 10.9. The van der Waals surface area contributed by atoms with Crippen molar-refractivity contribution in [3.8, 4) is 5.75 Å². The molecule has 0 saturated heterocycles. The second-order valence-corrected chi connectivity index (χ2v) is 4.46. The molecule has 1 N–H and O–H groups in total. The number of rotatable bonds is 2. The van der Waals surface area contributed by atoms with Crippen molar-refractivity contribution in [2.45, 2.75) is 25.5 Å². The summed E-state index contributed by atoms with van der Waals surface area (Å²) in [5.41, 5.74) is 0.638. The highest BCUT2D eigenvalue weighted by atomic mass is 79.9. The Balaban J connectivity index is 2.51. The van der Waals surface area contributed by atoms with Crippen molar-refractivity contribution in [2.75, 3.05) is 7.05 Å². The zero-order chi connectivity index (χ0) is 11.0. The summed E-state index contributed by atoms with van der Waals surface area (Å²) in [6.07, 6.45) is 0.865. The van der Waals surface area contributed by atoms with E-state index < -0.39 is 0 Å². The molecule has 1 aliphatic heterocycles. The average molecular weight is 274 g/mol. The van der Waals surface area contributed by atoms with Crippen LogP contribution >= 0.6 is 15.9 Å². The summed E-state index contributed by atoms with van der Waals surface area (Å²) >= 11 is 3.38. The third-order valence-corrected chi connectivity index (χ3v) is 3.38. The molecule has 0 bridgehead atoms. The van der Waals surface area contributed by atoms with Crippen molar-refractivity contribution in [1.82, 2.24) is 5.32 Å². The molecule has 15 heavy (non-hydrogen) atoms. The number of fused-ring (bicyclic) bond motifs is 1. The molecule has 0 saturated carbocycles. The Morgan fingerprint density at radius 1 is 1.53 bits per heavy atom. The van der Waals surface area contributed by atoms with Crippen LogP contribution in [0.3, 0.4) is 0 Å². The van der Waals surface area contributed by atoms with E-state index in [1.165, 1.54) is 6.07 Å². The van der Waals surface area contributed by atoms with Crippen LogP contribution in [0.5, 0.6) is 5.75 Å². The van der Waals surface area contributed by atoms with E-state index >= 15 is 0 Å². The highest BCUT2D eigenvalue weighted by Gasteiger charge is 2.35. The average Bonchev–Trinajstić information content (AvgIpc) is 2.63. The maximum atomic E-state index is 13.7. The summed E-state index contributed by atoms with van der Waals surface area (Å²) in [4.78, 5) is 0. The highest BCUT2D eigenvalue weighted by Crippen LogP contribution is 2.43. The van der Waals surface area contributed by atoms with Crippen molar-refractivity contribution in [2.24, 2.45) is 0 Å². The number of ether oxygens (including phenoxy) is 1. The van der Waals surface area contributed by atoms with Gasteiger partial charge in [-0.1, -0.05) is 6.92 Å².